The lowest BCUT2D eigenvalue weighted by Crippen LogP contribution is -2.14. The fourth-order valence-electron chi connectivity index (χ4n) is 2.76. The Morgan fingerprint density at radius 2 is 1.93 bits per heavy atom. The second-order valence-electron chi connectivity index (χ2n) is 6.33. The Morgan fingerprint density at radius 1 is 1.17 bits per heavy atom. The normalized spacial score (nSPS) is 10.5. The van der Waals surface area contributed by atoms with Crippen molar-refractivity contribution in [1.82, 2.24) is 19.7 Å². The lowest BCUT2D eigenvalue weighted by Gasteiger charge is -2.10. The molecule has 4 rings (SSSR count). The van der Waals surface area contributed by atoms with E-state index in [9.17, 15) is 4.79 Å². The number of nitrogens with one attached hydrogen (secondary N) is 1. The largest absolute Gasteiger partial charge is 0.316 e. The summed E-state index contributed by atoms with van der Waals surface area (Å²) in [7, 11) is 0. The Kier molecular flexibility index (Phi) is 5.88. The molecule has 30 heavy (non-hydrogen) atoms. The Labute approximate surface area is 181 Å². The van der Waals surface area contributed by atoms with Gasteiger partial charge in [-0.05, 0) is 42.6 Å². The fourth-order valence-corrected chi connectivity index (χ4v) is 4.27. The summed E-state index contributed by atoms with van der Waals surface area (Å²) in [6.07, 6.45) is 3.41. The number of aromatic nitrogens is 4. The van der Waals surface area contributed by atoms with Crippen LogP contribution in [0, 0.1) is 18.3 Å². The molecule has 148 valence electrons. The van der Waals surface area contributed by atoms with Crippen molar-refractivity contribution in [3.63, 3.8) is 0 Å². The molecule has 0 atom stereocenters. The first kappa shape index (κ1) is 19.8. The van der Waals surface area contributed by atoms with Gasteiger partial charge in [0.15, 0.2) is 11.0 Å². The highest BCUT2D eigenvalue weighted by molar-refractivity contribution is 7.99. The first-order chi connectivity index (χ1) is 14.7. The molecule has 1 amide bonds. The molecule has 0 saturated heterocycles. The van der Waals surface area contributed by atoms with Crippen LogP contribution in [0.15, 0.2) is 65.4 Å². The number of aryl methyl sites for hydroxylation is 1. The van der Waals surface area contributed by atoms with Gasteiger partial charge in [-0.25, -0.2) is 0 Å². The molecule has 0 saturated carbocycles. The second-order valence-corrected chi connectivity index (χ2v) is 8.18. The van der Waals surface area contributed by atoms with Crippen LogP contribution in [-0.2, 0) is 4.79 Å². The Bertz CT molecular complexity index is 1210. The number of rotatable bonds is 6. The van der Waals surface area contributed by atoms with Crippen LogP contribution in [0.2, 0.25) is 0 Å². The zero-order valence-electron chi connectivity index (χ0n) is 15.9. The molecule has 9 heteroatoms. The van der Waals surface area contributed by atoms with Crippen LogP contribution in [0.3, 0.4) is 0 Å². The molecule has 0 aliphatic heterocycles. The van der Waals surface area contributed by atoms with Gasteiger partial charge < -0.3 is 5.32 Å². The van der Waals surface area contributed by atoms with Gasteiger partial charge in [0.1, 0.15) is 11.1 Å². The SMILES string of the molecule is Cc1ccc(-n2c(SCC(=O)Nc3sccc3C#N)nnc2-c2ccncc2)cc1. The highest BCUT2D eigenvalue weighted by Crippen LogP contribution is 2.28. The van der Waals surface area contributed by atoms with Crippen molar-refractivity contribution in [1.29, 1.82) is 5.26 Å². The predicted octanol–water partition coefficient (Wildman–Crippen LogP) is 4.30. The molecule has 1 aromatic carbocycles. The third-order valence-corrected chi connectivity index (χ3v) is 5.99. The van der Waals surface area contributed by atoms with E-state index in [0.29, 0.717) is 21.5 Å². The number of thiophene rings is 1. The molecule has 0 spiro atoms. The average molecular weight is 433 g/mol. The summed E-state index contributed by atoms with van der Waals surface area (Å²) in [6, 6.07) is 15.5. The smallest absolute Gasteiger partial charge is 0.235 e. The summed E-state index contributed by atoms with van der Waals surface area (Å²) in [6.45, 7) is 2.03. The van der Waals surface area contributed by atoms with Gasteiger partial charge in [-0.2, -0.15) is 5.26 Å². The fraction of sp³-hybridized carbons (Fsp3) is 0.0952. The maximum Gasteiger partial charge on any atom is 0.235 e. The molecule has 0 radical (unpaired) electrons. The monoisotopic (exact) mass is 432 g/mol. The van der Waals surface area contributed by atoms with Gasteiger partial charge in [0, 0.05) is 23.6 Å². The number of hydrogen-bond acceptors (Lipinski definition) is 7. The summed E-state index contributed by atoms with van der Waals surface area (Å²) in [5.41, 5.74) is 3.40. The highest BCUT2D eigenvalue weighted by atomic mass is 32.2. The molecule has 3 heterocycles. The van der Waals surface area contributed by atoms with Gasteiger partial charge >= 0.3 is 0 Å². The number of pyridine rings is 1. The van der Waals surface area contributed by atoms with E-state index in [1.807, 2.05) is 47.9 Å². The molecule has 0 aliphatic carbocycles. The summed E-state index contributed by atoms with van der Waals surface area (Å²) >= 11 is 2.61. The number of hydrogen-bond donors (Lipinski definition) is 1. The molecule has 0 unspecified atom stereocenters. The summed E-state index contributed by atoms with van der Waals surface area (Å²) < 4.78 is 1.93. The number of carbonyl (C=O) groups excluding carboxylic acids is 1. The summed E-state index contributed by atoms with van der Waals surface area (Å²) in [5.74, 6) is 0.611. The van der Waals surface area contributed by atoms with Crippen molar-refractivity contribution in [3.8, 4) is 23.1 Å². The maximum absolute atomic E-state index is 12.4. The van der Waals surface area contributed by atoms with E-state index in [1.54, 1.807) is 23.8 Å². The average Bonchev–Trinajstić information content (AvgIpc) is 3.40. The van der Waals surface area contributed by atoms with Crippen molar-refractivity contribution in [2.75, 3.05) is 11.1 Å². The standard InChI is InChI=1S/C21H16N6OS2/c1-14-2-4-17(5-3-14)27-19(15-6-9-23-10-7-15)25-26-21(27)30-13-18(28)24-20-16(12-22)8-11-29-20/h2-11H,13H2,1H3,(H,24,28). The summed E-state index contributed by atoms with van der Waals surface area (Å²) in [4.78, 5) is 16.5. The van der Waals surface area contributed by atoms with Crippen molar-refractivity contribution >= 4 is 34.0 Å². The molecular formula is C21H16N6OS2. The molecule has 3 aromatic heterocycles. The van der Waals surface area contributed by atoms with E-state index in [0.717, 1.165) is 16.8 Å². The maximum atomic E-state index is 12.4. The predicted molar refractivity (Wildman–Crippen MR) is 118 cm³/mol. The Balaban J connectivity index is 1.60. The molecule has 0 fully saturated rings. The van der Waals surface area contributed by atoms with Gasteiger partial charge in [-0.15, -0.1) is 21.5 Å². The topological polar surface area (TPSA) is 96.5 Å². The Morgan fingerprint density at radius 3 is 2.67 bits per heavy atom. The molecule has 0 bridgehead atoms. The van der Waals surface area contributed by atoms with Crippen LogP contribution in [-0.4, -0.2) is 31.4 Å². The van der Waals surface area contributed by atoms with Crippen molar-refractivity contribution in [2.24, 2.45) is 0 Å². The third kappa shape index (κ3) is 4.25. The Hall–Kier alpha value is -3.48. The molecule has 0 aliphatic rings. The lowest BCUT2D eigenvalue weighted by atomic mass is 10.2. The van der Waals surface area contributed by atoms with Crippen molar-refractivity contribution in [3.05, 3.63) is 71.4 Å². The van der Waals surface area contributed by atoms with E-state index in [2.05, 4.69) is 26.6 Å². The van der Waals surface area contributed by atoms with Crippen LogP contribution < -0.4 is 5.32 Å². The zero-order valence-corrected chi connectivity index (χ0v) is 17.6. The molecular weight excluding hydrogens is 416 g/mol. The van der Waals surface area contributed by atoms with Gasteiger partial charge in [-0.3, -0.25) is 14.3 Å². The van der Waals surface area contributed by atoms with Gasteiger partial charge in [0.05, 0.1) is 11.3 Å². The minimum absolute atomic E-state index is 0.142. The van der Waals surface area contributed by atoms with Crippen LogP contribution in [0.4, 0.5) is 5.00 Å². The van der Waals surface area contributed by atoms with E-state index in [4.69, 9.17) is 5.26 Å². The van der Waals surface area contributed by atoms with E-state index in [-0.39, 0.29) is 11.7 Å². The van der Waals surface area contributed by atoms with Crippen LogP contribution >= 0.6 is 23.1 Å². The minimum Gasteiger partial charge on any atom is -0.316 e. The quantitative estimate of drug-likeness (QED) is 0.456. The van der Waals surface area contributed by atoms with Crippen LogP contribution in [0.5, 0.6) is 0 Å². The molecule has 7 nitrogen and oxygen atoms in total. The number of thioether (sulfide) groups is 1. The first-order valence-electron chi connectivity index (χ1n) is 8.99. The first-order valence-corrected chi connectivity index (χ1v) is 10.9. The highest BCUT2D eigenvalue weighted by Gasteiger charge is 2.18. The number of amides is 1. The number of nitrogens with zero attached hydrogens (tertiary/aromatic N) is 5. The number of nitriles is 1. The number of benzene rings is 1. The second kappa shape index (κ2) is 8.90. The van der Waals surface area contributed by atoms with Crippen LogP contribution in [0.1, 0.15) is 11.1 Å². The van der Waals surface area contributed by atoms with Crippen molar-refractivity contribution < 1.29 is 4.79 Å². The van der Waals surface area contributed by atoms with Gasteiger partial charge in [-0.1, -0.05) is 29.5 Å². The van der Waals surface area contributed by atoms with E-state index >= 15 is 0 Å². The van der Waals surface area contributed by atoms with E-state index < -0.39 is 0 Å². The van der Waals surface area contributed by atoms with Crippen molar-refractivity contribution in [2.45, 2.75) is 12.1 Å². The third-order valence-electron chi connectivity index (χ3n) is 4.24. The van der Waals surface area contributed by atoms with E-state index in [1.165, 1.54) is 23.1 Å². The molecule has 1 N–H and O–H groups in total. The van der Waals surface area contributed by atoms with Gasteiger partial charge in [0.2, 0.25) is 5.91 Å². The molecule has 4 aromatic rings. The van der Waals surface area contributed by atoms with Gasteiger partial charge in [0.25, 0.3) is 0 Å². The van der Waals surface area contributed by atoms with Crippen LogP contribution in [0.25, 0.3) is 17.1 Å². The number of carbonyl (C=O) groups is 1. The lowest BCUT2D eigenvalue weighted by molar-refractivity contribution is -0.113. The minimum atomic E-state index is -0.206. The summed E-state index contributed by atoms with van der Waals surface area (Å²) in [5, 5.41) is 23.5. The zero-order chi connectivity index (χ0) is 20.9. The number of anilines is 1.